The van der Waals surface area contributed by atoms with Gasteiger partial charge in [-0.15, -0.1) is 24.8 Å². The first-order valence-corrected chi connectivity index (χ1v) is 7.32. The summed E-state index contributed by atoms with van der Waals surface area (Å²) in [7, 11) is 3.66. The van der Waals surface area contributed by atoms with Gasteiger partial charge in [-0.25, -0.2) is 0 Å². The van der Waals surface area contributed by atoms with Crippen LogP contribution in [-0.2, 0) is 11.8 Å². The van der Waals surface area contributed by atoms with E-state index in [0.29, 0.717) is 0 Å². The lowest BCUT2D eigenvalue weighted by Crippen LogP contribution is -2.50. The number of carbonyl (C=O) groups is 1. The van der Waals surface area contributed by atoms with Gasteiger partial charge in [0.05, 0.1) is 6.20 Å². The number of likely N-dealkylation sites (N-methyl/N-ethyl adjacent to an activating group) is 2. The number of hydrogen-bond donors (Lipinski definition) is 2. The van der Waals surface area contributed by atoms with Gasteiger partial charge in [-0.05, 0) is 33.0 Å². The number of amides is 1. The fourth-order valence-corrected chi connectivity index (χ4v) is 2.78. The minimum absolute atomic E-state index is 0. The third-order valence-electron chi connectivity index (χ3n) is 3.91. The zero-order chi connectivity index (χ0) is 14.5. The van der Waals surface area contributed by atoms with Crippen LogP contribution in [-0.4, -0.2) is 53.3 Å². The Kier molecular flexibility index (Phi) is 9.67. The van der Waals surface area contributed by atoms with Crippen LogP contribution in [0.25, 0.3) is 0 Å². The lowest BCUT2D eigenvalue weighted by atomic mass is 10.0. The van der Waals surface area contributed by atoms with E-state index in [0.717, 1.165) is 38.0 Å². The molecular formula is C14H27Cl2N5O. The largest absolute Gasteiger partial charge is 0.350 e. The maximum Gasteiger partial charge on any atom is 0.242 e. The molecule has 0 spiro atoms. The summed E-state index contributed by atoms with van der Waals surface area (Å²) in [5, 5.41) is 10.4. The molecule has 1 saturated heterocycles. The number of aromatic nitrogens is 2. The van der Waals surface area contributed by atoms with Crippen LogP contribution in [0.5, 0.6) is 0 Å². The van der Waals surface area contributed by atoms with Gasteiger partial charge in [0.1, 0.15) is 6.04 Å². The molecule has 2 unspecified atom stereocenters. The molecule has 128 valence electrons. The average Bonchev–Trinajstić information content (AvgIpc) is 2.86. The Bertz CT molecular complexity index is 454. The molecular weight excluding hydrogens is 325 g/mol. The number of nitrogens with zero attached hydrogens (tertiary/aromatic N) is 3. The van der Waals surface area contributed by atoms with E-state index in [2.05, 4.69) is 27.6 Å². The van der Waals surface area contributed by atoms with E-state index in [1.807, 2.05) is 13.2 Å². The van der Waals surface area contributed by atoms with Crippen molar-refractivity contribution in [2.45, 2.75) is 31.8 Å². The standard InChI is InChI=1S/C14H25N5O.2ClH/c1-4-19-7-5-6-12(10-19)17-14(20)13(15-2)11-8-16-18(3)9-11;;/h8-9,12-13,15H,4-7,10H2,1-3H3,(H,17,20);2*1H. The molecule has 1 fully saturated rings. The van der Waals surface area contributed by atoms with E-state index in [4.69, 9.17) is 0 Å². The van der Waals surface area contributed by atoms with Crippen LogP contribution < -0.4 is 10.6 Å². The van der Waals surface area contributed by atoms with Crippen molar-refractivity contribution in [1.82, 2.24) is 25.3 Å². The maximum atomic E-state index is 12.4. The summed E-state index contributed by atoms with van der Waals surface area (Å²) >= 11 is 0. The average molecular weight is 352 g/mol. The highest BCUT2D eigenvalue weighted by Gasteiger charge is 2.25. The fourth-order valence-electron chi connectivity index (χ4n) is 2.78. The fraction of sp³-hybridized carbons (Fsp3) is 0.714. The third kappa shape index (κ3) is 5.43. The minimum atomic E-state index is -0.333. The molecule has 2 rings (SSSR count). The van der Waals surface area contributed by atoms with Gasteiger partial charge in [0, 0.05) is 31.4 Å². The molecule has 1 amide bonds. The summed E-state index contributed by atoms with van der Waals surface area (Å²) in [5.74, 6) is 0.0310. The second-order valence-electron chi connectivity index (χ2n) is 5.41. The van der Waals surface area contributed by atoms with Crippen molar-refractivity contribution in [1.29, 1.82) is 0 Å². The van der Waals surface area contributed by atoms with E-state index in [-0.39, 0.29) is 42.8 Å². The van der Waals surface area contributed by atoms with Gasteiger partial charge >= 0.3 is 0 Å². The molecule has 0 bridgehead atoms. The zero-order valence-corrected chi connectivity index (χ0v) is 15.0. The summed E-state index contributed by atoms with van der Waals surface area (Å²) in [5.41, 5.74) is 0.899. The highest BCUT2D eigenvalue weighted by Crippen LogP contribution is 2.14. The molecule has 2 N–H and O–H groups in total. The monoisotopic (exact) mass is 351 g/mol. The first-order chi connectivity index (χ1) is 9.63. The molecule has 22 heavy (non-hydrogen) atoms. The van der Waals surface area contributed by atoms with Crippen LogP contribution >= 0.6 is 24.8 Å². The van der Waals surface area contributed by atoms with E-state index in [1.54, 1.807) is 17.9 Å². The number of halogens is 2. The number of rotatable bonds is 5. The second-order valence-corrected chi connectivity index (χ2v) is 5.41. The predicted octanol–water partition coefficient (Wildman–Crippen LogP) is 1.12. The van der Waals surface area contributed by atoms with Crippen molar-refractivity contribution in [3.63, 3.8) is 0 Å². The van der Waals surface area contributed by atoms with Crippen LogP contribution in [0.3, 0.4) is 0 Å². The molecule has 1 aromatic rings. The number of likely N-dealkylation sites (tertiary alicyclic amines) is 1. The molecule has 0 aromatic carbocycles. The summed E-state index contributed by atoms with van der Waals surface area (Å²) in [6, 6.07) is -0.0792. The van der Waals surface area contributed by atoms with Crippen molar-refractivity contribution < 1.29 is 4.79 Å². The first kappa shape index (κ1) is 21.2. The molecule has 6 nitrogen and oxygen atoms in total. The molecule has 2 heterocycles. The smallest absolute Gasteiger partial charge is 0.242 e. The van der Waals surface area contributed by atoms with Crippen molar-refractivity contribution in [2.75, 3.05) is 26.7 Å². The Morgan fingerprint density at radius 2 is 2.23 bits per heavy atom. The van der Waals surface area contributed by atoms with Crippen LogP contribution in [0.15, 0.2) is 12.4 Å². The van der Waals surface area contributed by atoms with Gasteiger partial charge in [-0.1, -0.05) is 6.92 Å². The van der Waals surface area contributed by atoms with Crippen LogP contribution in [0.2, 0.25) is 0 Å². The van der Waals surface area contributed by atoms with Crippen LogP contribution in [0.1, 0.15) is 31.4 Å². The van der Waals surface area contributed by atoms with Gasteiger partial charge in [-0.2, -0.15) is 5.10 Å². The minimum Gasteiger partial charge on any atom is -0.350 e. The summed E-state index contributed by atoms with van der Waals surface area (Å²) in [6.45, 7) is 5.30. The number of carbonyl (C=O) groups excluding carboxylic acids is 1. The summed E-state index contributed by atoms with van der Waals surface area (Å²) in [6.07, 6.45) is 5.82. The molecule has 1 aromatic heterocycles. The predicted molar refractivity (Wildman–Crippen MR) is 92.8 cm³/mol. The topological polar surface area (TPSA) is 62.2 Å². The first-order valence-electron chi connectivity index (χ1n) is 7.32. The van der Waals surface area contributed by atoms with Gasteiger partial charge in [0.25, 0.3) is 0 Å². The molecule has 0 aliphatic carbocycles. The molecule has 0 saturated carbocycles. The van der Waals surface area contributed by atoms with Crippen molar-refractivity contribution in [3.05, 3.63) is 18.0 Å². The second kappa shape index (κ2) is 10.0. The maximum absolute atomic E-state index is 12.4. The molecule has 8 heteroatoms. The molecule has 2 atom stereocenters. The van der Waals surface area contributed by atoms with Gasteiger partial charge in [-0.3, -0.25) is 9.48 Å². The van der Waals surface area contributed by atoms with E-state index in [9.17, 15) is 4.79 Å². The highest BCUT2D eigenvalue weighted by molar-refractivity contribution is 5.85. The molecule has 1 aliphatic heterocycles. The normalized spacial score (nSPS) is 19.7. The Morgan fingerprint density at radius 3 is 2.77 bits per heavy atom. The van der Waals surface area contributed by atoms with E-state index in [1.165, 1.54) is 0 Å². The van der Waals surface area contributed by atoms with Crippen molar-refractivity contribution >= 4 is 30.7 Å². The number of nitrogens with one attached hydrogen (secondary N) is 2. The van der Waals surface area contributed by atoms with Crippen molar-refractivity contribution in [2.24, 2.45) is 7.05 Å². The molecule has 0 radical (unpaired) electrons. The van der Waals surface area contributed by atoms with Crippen LogP contribution in [0.4, 0.5) is 0 Å². The third-order valence-corrected chi connectivity index (χ3v) is 3.91. The Hall–Kier alpha value is -0.820. The van der Waals surface area contributed by atoms with Crippen molar-refractivity contribution in [3.8, 4) is 0 Å². The quantitative estimate of drug-likeness (QED) is 0.834. The Labute approximate surface area is 144 Å². The highest BCUT2D eigenvalue weighted by atomic mass is 35.5. The lowest BCUT2D eigenvalue weighted by molar-refractivity contribution is -0.124. The van der Waals surface area contributed by atoms with E-state index < -0.39 is 0 Å². The Morgan fingerprint density at radius 1 is 1.50 bits per heavy atom. The van der Waals surface area contributed by atoms with Gasteiger partial charge in [0.2, 0.25) is 5.91 Å². The SMILES string of the molecule is CCN1CCCC(NC(=O)C(NC)c2cnn(C)c2)C1.Cl.Cl. The van der Waals surface area contributed by atoms with Crippen LogP contribution in [0, 0.1) is 0 Å². The number of hydrogen-bond acceptors (Lipinski definition) is 4. The summed E-state index contributed by atoms with van der Waals surface area (Å²) in [4.78, 5) is 14.8. The zero-order valence-electron chi connectivity index (χ0n) is 13.4. The van der Waals surface area contributed by atoms with Gasteiger partial charge in [0.15, 0.2) is 0 Å². The lowest BCUT2D eigenvalue weighted by Gasteiger charge is -2.33. The van der Waals surface area contributed by atoms with Gasteiger partial charge < -0.3 is 15.5 Å². The van der Waals surface area contributed by atoms with E-state index >= 15 is 0 Å². The number of aryl methyl sites for hydroxylation is 1. The Balaban J connectivity index is 0.00000220. The number of piperidine rings is 1. The summed E-state index contributed by atoms with van der Waals surface area (Å²) < 4.78 is 1.71. The molecule has 1 aliphatic rings.